The predicted molar refractivity (Wildman–Crippen MR) is 93.1 cm³/mol. The molecule has 0 radical (unpaired) electrons. The summed E-state index contributed by atoms with van der Waals surface area (Å²) in [6.07, 6.45) is 7.59. The van der Waals surface area contributed by atoms with Crippen LogP contribution in [-0.4, -0.2) is 30.4 Å². The Morgan fingerprint density at radius 2 is 1.96 bits per heavy atom. The van der Waals surface area contributed by atoms with Crippen molar-refractivity contribution in [3.05, 3.63) is 59.0 Å². The third-order valence-corrected chi connectivity index (χ3v) is 5.27. The van der Waals surface area contributed by atoms with Gasteiger partial charge in [-0.25, -0.2) is 0 Å². The highest BCUT2D eigenvalue weighted by molar-refractivity contribution is 5.94. The molecule has 1 saturated heterocycles. The minimum absolute atomic E-state index is 0.0143. The van der Waals surface area contributed by atoms with Gasteiger partial charge in [0.25, 0.3) is 5.91 Å². The Morgan fingerprint density at radius 1 is 1.12 bits per heavy atom. The lowest BCUT2D eigenvalue weighted by molar-refractivity contribution is 0.0933. The molecule has 1 aliphatic carbocycles. The lowest BCUT2D eigenvalue weighted by Crippen LogP contribution is -2.36. The lowest BCUT2D eigenvalue weighted by Gasteiger charge is -2.26. The van der Waals surface area contributed by atoms with Gasteiger partial charge in [0.2, 0.25) is 0 Å². The third-order valence-electron chi connectivity index (χ3n) is 5.27. The number of rotatable bonds is 5. The molecule has 2 aliphatic rings. The van der Waals surface area contributed by atoms with Crippen molar-refractivity contribution in [2.45, 2.75) is 38.1 Å². The van der Waals surface area contributed by atoms with Crippen LogP contribution in [0.1, 0.15) is 52.5 Å². The number of hydrogen-bond acceptors (Lipinski definition) is 3. The first-order valence-electron chi connectivity index (χ1n) is 8.99. The minimum atomic E-state index is 0.0143. The zero-order chi connectivity index (χ0) is 16.4. The van der Waals surface area contributed by atoms with Crippen LogP contribution >= 0.6 is 0 Å². The van der Waals surface area contributed by atoms with Crippen LogP contribution in [0.2, 0.25) is 0 Å². The number of benzene rings is 1. The van der Waals surface area contributed by atoms with E-state index < -0.39 is 0 Å². The summed E-state index contributed by atoms with van der Waals surface area (Å²) in [6.45, 7) is 2.73. The fraction of sp³-hybridized carbons (Fsp3) is 0.450. The number of aryl methyl sites for hydroxylation is 2. The SMILES string of the molecule is O=C(NC[C@H](c1ccco1)N1CCCC1)c1ccc2c(c1)CCC2. The Morgan fingerprint density at radius 3 is 2.75 bits per heavy atom. The van der Waals surface area contributed by atoms with Crippen molar-refractivity contribution in [2.75, 3.05) is 19.6 Å². The second kappa shape index (κ2) is 6.81. The van der Waals surface area contributed by atoms with Gasteiger partial charge in [-0.15, -0.1) is 0 Å². The molecule has 4 nitrogen and oxygen atoms in total. The molecule has 1 aromatic carbocycles. The zero-order valence-corrected chi connectivity index (χ0v) is 14.0. The molecule has 4 heteroatoms. The smallest absolute Gasteiger partial charge is 0.251 e. The first-order chi connectivity index (χ1) is 11.8. The van der Waals surface area contributed by atoms with Crippen LogP contribution in [0.15, 0.2) is 41.0 Å². The van der Waals surface area contributed by atoms with Gasteiger partial charge in [-0.3, -0.25) is 9.69 Å². The summed E-state index contributed by atoms with van der Waals surface area (Å²) in [5.74, 6) is 0.951. The van der Waals surface area contributed by atoms with E-state index in [1.807, 2.05) is 18.2 Å². The van der Waals surface area contributed by atoms with Crippen LogP contribution < -0.4 is 5.32 Å². The molecule has 0 saturated carbocycles. The summed E-state index contributed by atoms with van der Waals surface area (Å²) in [5.41, 5.74) is 3.51. The number of carbonyl (C=O) groups is 1. The topological polar surface area (TPSA) is 45.5 Å². The van der Waals surface area contributed by atoms with Crippen molar-refractivity contribution in [3.63, 3.8) is 0 Å². The Bertz CT molecular complexity index is 702. The van der Waals surface area contributed by atoms with Crippen LogP contribution in [0.25, 0.3) is 0 Å². The van der Waals surface area contributed by atoms with Crippen molar-refractivity contribution in [3.8, 4) is 0 Å². The van der Waals surface area contributed by atoms with Crippen molar-refractivity contribution in [2.24, 2.45) is 0 Å². The number of furan rings is 1. The molecule has 2 heterocycles. The van der Waals surface area contributed by atoms with Gasteiger partial charge in [0.05, 0.1) is 12.3 Å². The molecule has 1 aromatic heterocycles. The molecule has 1 N–H and O–H groups in total. The van der Waals surface area contributed by atoms with Crippen molar-refractivity contribution in [1.82, 2.24) is 10.2 Å². The van der Waals surface area contributed by atoms with Crippen LogP contribution in [0, 0.1) is 0 Å². The molecule has 1 amide bonds. The molecular weight excluding hydrogens is 300 g/mol. The Labute approximate surface area is 142 Å². The number of nitrogens with one attached hydrogen (secondary N) is 1. The maximum atomic E-state index is 12.6. The minimum Gasteiger partial charge on any atom is -0.468 e. The van der Waals surface area contributed by atoms with Gasteiger partial charge < -0.3 is 9.73 Å². The molecular formula is C20H24N2O2. The van der Waals surface area contributed by atoms with Gasteiger partial charge in [0.15, 0.2) is 0 Å². The average Bonchev–Trinajstić information content (AvgIpc) is 3.36. The first kappa shape index (κ1) is 15.5. The largest absolute Gasteiger partial charge is 0.468 e. The summed E-state index contributed by atoms with van der Waals surface area (Å²) < 4.78 is 5.61. The summed E-state index contributed by atoms with van der Waals surface area (Å²) in [7, 11) is 0. The lowest BCUT2D eigenvalue weighted by atomic mass is 10.1. The summed E-state index contributed by atoms with van der Waals surface area (Å²) in [6, 6.07) is 10.2. The normalized spacial score (nSPS) is 18.5. The quantitative estimate of drug-likeness (QED) is 0.917. The fourth-order valence-electron chi connectivity index (χ4n) is 3.95. The van der Waals surface area contributed by atoms with E-state index in [0.717, 1.165) is 37.3 Å². The van der Waals surface area contributed by atoms with E-state index in [1.165, 1.54) is 30.4 Å². The van der Waals surface area contributed by atoms with E-state index in [0.29, 0.717) is 6.54 Å². The molecule has 0 bridgehead atoms. The van der Waals surface area contributed by atoms with E-state index in [9.17, 15) is 4.79 Å². The monoisotopic (exact) mass is 324 g/mol. The van der Waals surface area contributed by atoms with Crippen LogP contribution in [0.4, 0.5) is 0 Å². The summed E-state index contributed by atoms with van der Waals surface area (Å²) in [4.78, 5) is 15.0. The number of likely N-dealkylation sites (tertiary alicyclic amines) is 1. The summed E-state index contributed by atoms with van der Waals surface area (Å²) >= 11 is 0. The number of fused-ring (bicyclic) bond motifs is 1. The van der Waals surface area contributed by atoms with E-state index in [4.69, 9.17) is 4.42 Å². The Kier molecular flexibility index (Phi) is 4.39. The molecule has 0 spiro atoms. The maximum Gasteiger partial charge on any atom is 0.251 e. The number of carbonyl (C=O) groups excluding carboxylic acids is 1. The Balaban J connectivity index is 1.44. The van der Waals surface area contributed by atoms with E-state index in [1.54, 1.807) is 6.26 Å². The van der Waals surface area contributed by atoms with Gasteiger partial charge >= 0.3 is 0 Å². The van der Waals surface area contributed by atoms with Gasteiger partial charge in [0.1, 0.15) is 5.76 Å². The number of nitrogens with zero attached hydrogens (tertiary/aromatic N) is 1. The second-order valence-electron chi connectivity index (χ2n) is 6.82. The summed E-state index contributed by atoms with van der Waals surface area (Å²) in [5, 5.41) is 3.11. The van der Waals surface area contributed by atoms with Gasteiger partial charge in [0, 0.05) is 12.1 Å². The van der Waals surface area contributed by atoms with Crippen LogP contribution in [0.3, 0.4) is 0 Å². The zero-order valence-electron chi connectivity index (χ0n) is 14.0. The fourth-order valence-corrected chi connectivity index (χ4v) is 3.95. The molecule has 1 aliphatic heterocycles. The van der Waals surface area contributed by atoms with Crippen molar-refractivity contribution >= 4 is 5.91 Å². The molecule has 2 aromatic rings. The van der Waals surface area contributed by atoms with E-state index >= 15 is 0 Å². The highest BCUT2D eigenvalue weighted by Crippen LogP contribution is 2.25. The highest BCUT2D eigenvalue weighted by Gasteiger charge is 2.26. The van der Waals surface area contributed by atoms with Gasteiger partial charge in [-0.1, -0.05) is 6.07 Å². The Hall–Kier alpha value is -2.07. The molecule has 0 unspecified atom stereocenters. The molecule has 1 fully saturated rings. The standard InChI is InChI=1S/C20H24N2O2/c23-20(17-9-8-15-5-3-6-16(15)13-17)21-14-18(19-7-4-12-24-19)22-10-1-2-11-22/h4,7-9,12-13,18H,1-3,5-6,10-11,14H2,(H,21,23)/t18-/m1/s1. The highest BCUT2D eigenvalue weighted by atomic mass is 16.3. The van der Waals surface area contributed by atoms with Crippen LogP contribution in [0.5, 0.6) is 0 Å². The predicted octanol–water partition coefficient (Wildman–Crippen LogP) is 3.34. The van der Waals surface area contributed by atoms with Crippen molar-refractivity contribution < 1.29 is 9.21 Å². The van der Waals surface area contributed by atoms with E-state index in [-0.39, 0.29) is 11.9 Å². The second-order valence-corrected chi connectivity index (χ2v) is 6.82. The van der Waals surface area contributed by atoms with Gasteiger partial charge in [-0.05, 0) is 80.6 Å². The molecule has 1 atom stereocenters. The molecule has 24 heavy (non-hydrogen) atoms. The van der Waals surface area contributed by atoms with E-state index in [2.05, 4.69) is 22.3 Å². The number of hydrogen-bond donors (Lipinski definition) is 1. The maximum absolute atomic E-state index is 12.6. The van der Waals surface area contributed by atoms with Crippen molar-refractivity contribution in [1.29, 1.82) is 0 Å². The van der Waals surface area contributed by atoms with Gasteiger partial charge in [-0.2, -0.15) is 0 Å². The molecule has 126 valence electrons. The average molecular weight is 324 g/mol. The molecule has 4 rings (SSSR count). The van der Waals surface area contributed by atoms with Crippen LogP contribution in [-0.2, 0) is 12.8 Å². The third kappa shape index (κ3) is 3.11. The first-order valence-corrected chi connectivity index (χ1v) is 8.99. The number of amides is 1.